The summed E-state index contributed by atoms with van der Waals surface area (Å²) in [6.07, 6.45) is 2.30. The smallest absolute Gasteiger partial charge is 0.316 e. The average Bonchev–Trinajstić information content (AvgIpc) is 3.41. The highest BCUT2D eigenvalue weighted by atomic mass is 16.6. The predicted molar refractivity (Wildman–Crippen MR) is 99.9 cm³/mol. The Hall–Kier alpha value is -4.29. The first-order chi connectivity index (χ1) is 14.5. The van der Waals surface area contributed by atoms with E-state index in [0.29, 0.717) is 11.3 Å². The number of benzene rings is 1. The Morgan fingerprint density at radius 1 is 1.23 bits per heavy atom. The van der Waals surface area contributed by atoms with Gasteiger partial charge in [0.1, 0.15) is 24.7 Å². The first-order valence-corrected chi connectivity index (χ1v) is 8.66. The number of para-hydroxylation sites is 1. The molecular weight excluding hydrogens is 398 g/mol. The predicted octanol–water partition coefficient (Wildman–Crippen LogP) is 0.391. The molecule has 0 unspecified atom stereocenters. The van der Waals surface area contributed by atoms with Crippen molar-refractivity contribution in [3.63, 3.8) is 0 Å². The van der Waals surface area contributed by atoms with Crippen molar-refractivity contribution in [2.24, 2.45) is 0 Å². The van der Waals surface area contributed by atoms with Crippen molar-refractivity contribution in [1.29, 1.82) is 0 Å². The van der Waals surface area contributed by atoms with Crippen LogP contribution in [0.25, 0.3) is 0 Å². The molecule has 0 spiro atoms. The molecule has 2 amide bonds. The molecule has 0 aliphatic heterocycles. The Labute approximate surface area is 169 Å². The van der Waals surface area contributed by atoms with Crippen LogP contribution in [0.2, 0.25) is 0 Å². The summed E-state index contributed by atoms with van der Waals surface area (Å²) in [5.41, 5.74) is 0.207. The van der Waals surface area contributed by atoms with Gasteiger partial charge in [-0.1, -0.05) is 17.3 Å². The molecule has 2 N–H and O–H groups in total. The van der Waals surface area contributed by atoms with Gasteiger partial charge >= 0.3 is 17.5 Å². The van der Waals surface area contributed by atoms with Gasteiger partial charge in [-0.3, -0.25) is 24.4 Å². The zero-order valence-electron chi connectivity index (χ0n) is 15.8. The van der Waals surface area contributed by atoms with E-state index in [4.69, 9.17) is 9.26 Å². The number of amides is 2. The molecule has 3 rings (SSSR count). The minimum Gasteiger partial charge on any atom is -0.496 e. The van der Waals surface area contributed by atoms with Crippen LogP contribution in [0.5, 0.6) is 5.75 Å². The highest BCUT2D eigenvalue weighted by molar-refractivity contribution is 5.97. The van der Waals surface area contributed by atoms with Crippen LogP contribution >= 0.6 is 0 Å². The van der Waals surface area contributed by atoms with E-state index in [2.05, 4.69) is 25.9 Å². The van der Waals surface area contributed by atoms with Gasteiger partial charge in [0.25, 0.3) is 5.91 Å². The first-order valence-electron chi connectivity index (χ1n) is 8.66. The van der Waals surface area contributed by atoms with Crippen LogP contribution in [-0.2, 0) is 6.54 Å². The van der Waals surface area contributed by atoms with Gasteiger partial charge in [0.2, 0.25) is 0 Å². The van der Waals surface area contributed by atoms with E-state index < -0.39 is 10.8 Å². The summed E-state index contributed by atoms with van der Waals surface area (Å²) in [4.78, 5) is 38.2. The van der Waals surface area contributed by atoms with Gasteiger partial charge in [-0.05, 0) is 12.1 Å². The zero-order chi connectivity index (χ0) is 21.5. The van der Waals surface area contributed by atoms with Crippen molar-refractivity contribution in [3.05, 3.63) is 64.1 Å². The van der Waals surface area contributed by atoms with Crippen molar-refractivity contribution in [1.82, 2.24) is 30.6 Å². The molecule has 1 aromatic carbocycles. The normalized spacial score (nSPS) is 10.4. The van der Waals surface area contributed by atoms with Crippen LogP contribution in [0, 0.1) is 10.1 Å². The minimum atomic E-state index is -0.619. The number of rotatable bonds is 9. The largest absolute Gasteiger partial charge is 0.496 e. The van der Waals surface area contributed by atoms with Gasteiger partial charge in [-0.15, -0.1) is 0 Å². The van der Waals surface area contributed by atoms with Crippen molar-refractivity contribution >= 4 is 17.5 Å². The molecule has 13 heteroatoms. The van der Waals surface area contributed by atoms with Crippen LogP contribution in [0.3, 0.4) is 0 Å². The SMILES string of the molecule is COc1ccccc1C(=O)NCCNC(=O)c1nc(Cn2cc([N+](=O)[O-])cn2)no1. The summed E-state index contributed by atoms with van der Waals surface area (Å²) in [5, 5.41) is 23.3. The van der Waals surface area contributed by atoms with Gasteiger partial charge in [-0.25, -0.2) is 0 Å². The second kappa shape index (κ2) is 9.27. The number of carbonyl (C=O) groups is 2. The molecule has 0 aliphatic rings. The molecule has 2 aromatic heterocycles. The van der Waals surface area contributed by atoms with E-state index >= 15 is 0 Å². The molecule has 0 bridgehead atoms. The lowest BCUT2D eigenvalue weighted by Gasteiger charge is -2.09. The summed E-state index contributed by atoms with van der Waals surface area (Å²) in [7, 11) is 1.47. The quantitative estimate of drug-likeness (QED) is 0.285. The number of carbonyl (C=O) groups excluding carboxylic acids is 2. The first kappa shape index (κ1) is 20.4. The number of nitrogens with one attached hydrogen (secondary N) is 2. The van der Waals surface area contributed by atoms with Gasteiger partial charge in [0.15, 0.2) is 5.82 Å². The Balaban J connectivity index is 1.46. The number of hydrogen-bond acceptors (Lipinski definition) is 9. The van der Waals surface area contributed by atoms with E-state index in [9.17, 15) is 19.7 Å². The third-order valence-corrected chi connectivity index (χ3v) is 3.84. The molecule has 2 heterocycles. The molecule has 13 nitrogen and oxygen atoms in total. The molecule has 0 fully saturated rings. The van der Waals surface area contributed by atoms with Crippen LogP contribution in [0.15, 0.2) is 41.2 Å². The van der Waals surface area contributed by atoms with E-state index in [1.165, 1.54) is 18.0 Å². The standard InChI is InChI=1S/C17H17N7O6/c1-29-13-5-3-2-4-12(13)15(25)18-6-7-19-16(26)17-21-14(22-30-17)10-23-9-11(8-20-23)24(27)28/h2-5,8-9H,6-7,10H2,1H3,(H,18,25)(H,19,26). The third kappa shape index (κ3) is 4.95. The topological polar surface area (TPSA) is 167 Å². The van der Waals surface area contributed by atoms with E-state index in [-0.39, 0.29) is 42.9 Å². The third-order valence-electron chi connectivity index (χ3n) is 3.84. The lowest BCUT2D eigenvalue weighted by atomic mass is 10.2. The maximum atomic E-state index is 12.2. The molecule has 0 saturated heterocycles. The number of ether oxygens (including phenoxy) is 1. The van der Waals surface area contributed by atoms with Gasteiger partial charge in [0.05, 0.1) is 17.6 Å². The summed E-state index contributed by atoms with van der Waals surface area (Å²) in [6.45, 7) is 0.295. The van der Waals surface area contributed by atoms with E-state index in [0.717, 1.165) is 6.20 Å². The zero-order valence-corrected chi connectivity index (χ0v) is 15.8. The fourth-order valence-corrected chi connectivity index (χ4v) is 2.44. The number of hydrogen-bond donors (Lipinski definition) is 2. The lowest BCUT2D eigenvalue weighted by Crippen LogP contribution is -2.35. The molecule has 156 valence electrons. The highest BCUT2D eigenvalue weighted by Crippen LogP contribution is 2.16. The van der Waals surface area contributed by atoms with Crippen LogP contribution in [0.1, 0.15) is 26.9 Å². The summed E-state index contributed by atoms with van der Waals surface area (Å²) < 4.78 is 11.3. The lowest BCUT2D eigenvalue weighted by molar-refractivity contribution is -0.385. The average molecular weight is 415 g/mol. The summed E-state index contributed by atoms with van der Waals surface area (Å²) >= 11 is 0. The fourth-order valence-electron chi connectivity index (χ4n) is 2.44. The molecule has 0 atom stereocenters. The van der Waals surface area contributed by atoms with Gasteiger partial charge in [-0.2, -0.15) is 10.1 Å². The molecule has 3 aromatic rings. The second-order valence-corrected chi connectivity index (χ2v) is 5.88. The number of aromatic nitrogens is 4. The van der Waals surface area contributed by atoms with Crippen molar-refractivity contribution in [2.75, 3.05) is 20.2 Å². The highest BCUT2D eigenvalue weighted by Gasteiger charge is 2.17. The Bertz CT molecular complexity index is 1060. The van der Waals surface area contributed by atoms with Gasteiger partial charge < -0.3 is 19.9 Å². The second-order valence-electron chi connectivity index (χ2n) is 5.88. The van der Waals surface area contributed by atoms with Crippen molar-refractivity contribution < 1.29 is 23.8 Å². The van der Waals surface area contributed by atoms with Crippen molar-refractivity contribution in [3.8, 4) is 5.75 Å². The molecule has 0 radical (unpaired) electrons. The fraction of sp³-hybridized carbons (Fsp3) is 0.235. The number of methoxy groups -OCH3 is 1. The summed E-state index contributed by atoms with van der Waals surface area (Å²) in [6, 6.07) is 6.77. The summed E-state index contributed by atoms with van der Waals surface area (Å²) in [5.74, 6) is -0.660. The molecule has 0 aliphatic carbocycles. The minimum absolute atomic E-state index is 0.000411. The van der Waals surface area contributed by atoms with Crippen LogP contribution < -0.4 is 15.4 Å². The maximum Gasteiger partial charge on any atom is 0.316 e. The van der Waals surface area contributed by atoms with Crippen LogP contribution in [0.4, 0.5) is 5.69 Å². The number of nitrogens with zero attached hydrogens (tertiary/aromatic N) is 5. The molecular formula is C17H17N7O6. The van der Waals surface area contributed by atoms with Crippen LogP contribution in [-0.4, -0.2) is 56.9 Å². The van der Waals surface area contributed by atoms with E-state index in [1.54, 1.807) is 24.3 Å². The Morgan fingerprint density at radius 2 is 1.97 bits per heavy atom. The van der Waals surface area contributed by atoms with Crippen molar-refractivity contribution in [2.45, 2.75) is 6.54 Å². The monoisotopic (exact) mass is 415 g/mol. The van der Waals surface area contributed by atoms with E-state index in [1.807, 2.05) is 0 Å². The number of nitro groups is 1. The van der Waals surface area contributed by atoms with Gasteiger partial charge in [0, 0.05) is 13.1 Å². The maximum absolute atomic E-state index is 12.2. The molecule has 30 heavy (non-hydrogen) atoms. The molecule has 0 saturated carbocycles. The Morgan fingerprint density at radius 3 is 2.67 bits per heavy atom. The Kier molecular flexibility index (Phi) is 6.32.